The van der Waals surface area contributed by atoms with Crippen molar-refractivity contribution in [2.24, 2.45) is 0 Å². The van der Waals surface area contributed by atoms with E-state index in [9.17, 15) is 0 Å². The zero-order valence-corrected chi connectivity index (χ0v) is 33.6. The number of hydrogen-bond donors (Lipinski definition) is 0. The number of benzene rings is 9. The maximum absolute atomic E-state index is 5.36. The zero-order chi connectivity index (χ0) is 41.0. The fourth-order valence-electron chi connectivity index (χ4n) is 9.19. The zero-order valence-electron chi connectivity index (χ0n) is 33.6. The number of rotatable bonds is 7. The van der Waals surface area contributed by atoms with Gasteiger partial charge < -0.3 is 9.13 Å². The summed E-state index contributed by atoms with van der Waals surface area (Å²) in [6.45, 7) is 0. The van der Waals surface area contributed by atoms with Gasteiger partial charge in [0.15, 0.2) is 17.5 Å². The molecule has 3 heterocycles. The van der Waals surface area contributed by atoms with E-state index in [0.29, 0.717) is 17.5 Å². The molecule has 0 saturated carbocycles. The standard InChI is InChI=1S/C57H37N5/c1-4-19-38(20-5-1)41-35-42(56-58-55(40-23-8-3-9-24-40)59-57(60-56)49-29-11-10-25-44(49)39-21-6-2-7-22-39)37-43(36-41)61-50-31-15-14-28-47(50)48-30-18-34-53(54(48)61)62-51-32-16-12-26-45(51)46-27-13-17-33-52(46)62/h1-37H. The fourth-order valence-corrected chi connectivity index (χ4v) is 9.19. The molecule has 12 rings (SSSR count). The van der Waals surface area contributed by atoms with E-state index in [2.05, 4.69) is 209 Å². The van der Waals surface area contributed by atoms with Crippen LogP contribution in [0.3, 0.4) is 0 Å². The van der Waals surface area contributed by atoms with Gasteiger partial charge in [-0.05, 0) is 64.7 Å². The first-order chi connectivity index (χ1) is 30.8. The molecule has 9 aromatic carbocycles. The summed E-state index contributed by atoms with van der Waals surface area (Å²) in [4.78, 5) is 15.8. The summed E-state index contributed by atoms with van der Waals surface area (Å²) in [5, 5.41) is 4.82. The number of hydrogen-bond acceptors (Lipinski definition) is 3. The molecule has 0 unspecified atom stereocenters. The van der Waals surface area contributed by atoms with E-state index in [1.165, 1.54) is 32.6 Å². The van der Waals surface area contributed by atoms with Crippen LogP contribution in [0.5, 0.6) is 0 Å². The molecule has 3 aromatic heterocycles. The van der Waals surface area contributed by atoms with E-state index >= 15 is 0 Å². The summed E-state index contributed by atoms with van der Waals surface area (Å²) in [6, 6.07) is 79.3. The molecule has 0 radical (unpaired) electrons. The Hall–Kier alpha value is -8.41. The SMILES string of the molecule is c1ccc(-c2cc(-c3nc(-c4ccccc4)nc(-c4ccccc4-c4ccccc4)n3)cc(-n3c4ccccc4c4cccc(-n5c6ccccc6c6ccccc65)c43)c2)cc1. The van der Waals surface area contributed by atoms with Crippen LogP contribution < -0.4 is 0 Å². The van der Waals surface area contributed by atoms with Crippen LogP contribution in [0, 0.1) is 0 Å². The molecule has 0 atom stereocenters. The largest absolute Gasteiger partial charge is 0.307 e. The highest BCUT2D eigenvalue weighted by molar-refractivity contribution is 6.15. The van der Waals surface area contributed by atoms with Crippen LogP contribution in [-0.4, -0.2) is 24.1 Å². The molecule has 5 nitrogen and oxygen atoms in total. The van der Waals surface area contributed by atoms with Gasteiger partial charge in [-0.1, -0.05) is 182 Å². The molecule has 62 heavy (non-hydrogen) atoms. The Kier molecular flexibility index (Phi) is 8.42. The van der Waals surface area contributed by atoms with Gasteiger partial charge in [0.05, 0.1) is 27.8 Å². The van der Waals surface area contributed by atoms with E-state index in [1.54, 1.807) is 0 Å². The van der Waals surface area contributed by atoms with Gasteiger partial charge in [0.25, 0.3) is 0 Å². The van der Waals surface area contributed by atoms with Crippen LogP contribution in [0.25, 0.3) is 111 Å². The van der Waals surface area contributed by atoms with Gasteiger partial charge in [-0.2, -0.15) is 0 Å². The van der Waals surface area contributed by atoms with Crippen LogP contribution in [0.1, 0.15) is 0 Å². The summed E-state index contributed by atoms with van der Waals surface area (Å²) in [5.41, 5.74) is 13.8. The third-order valence-electron chi connectivity index (χ3n) is 12.0. The minimum absolute atomic E-state index is 0.596. The number of nitrogens with zero attached hydrogens (tertiary/aromatic N) is 5. The van der Waals surface area contributed by atoms with Gasteiger partial charge in [0, 0.05) is 43.9 Å². The summed E-state index contributed by atoms with van der Waals surface area (Å²) >= 11 is 0. The summed E-state index contributed by atoms with van der Waals surface area (Å²) in [7, 11) is 0. The molecule has 5 heteroatoms. The Morgan fingerprint density at radius 3 is 1.37 bits per heavy atom. The molecule has 0 aliphatic carbocycles. The average molecular weight is 792 g/mol. The smallest absolute Gasteiger partial charge is 0.164 e. The maximum Gasteiger partial charge on any atom is 0.164 e. The van der Waals surface area contributed by atoms with Gasteiger partial charge in [0.1, 0.15) is 0 Å². The van der Waals surface area contributed by atoms with Crippen LogP contribution in [0.4, 0.5) is 0 Å². The molecular formula is C57H37N5. The van der Waals surface area contributed by atoms with Crippen molar-refractivity contribution in [3.8, 4) is 67.8 Å². The molecule has 12 aromatic rings. The van der Waals surface area contributed by atoms with E-state index < -0.39 is 0 Å². The molecule has 0 N–H and O–H groups in total. The van der Waals surface area contributed by atoms with Crippen molar-refractivity contribution in [2.45, 2.75) is 0 Å². The van der Waals surface area contributed by atoms with Gasteiger partial charge in [-0.15, -0.1) is 0 Å². The van der Waals surface area contributed by atoms with Gasteiger partial charge >= 0.3 is 0 Å². The minimum atomic E-state index is 0.596. The fraction of sp³-hybridized carbons (Fsp3) is 0. The predicted molar refractivity (Wildman–Crippen MR) is 256 cm³/mol. The van der Waals surface area contributed by atoms with Crippen molar-refractivity contribution < 1.29 is 0 Å². The van der Waals surface area contributed by atoms with E-state index in [1.807, 2.05) is 24.3 Å². The lowest BCUT2D eigenvalue weighted by atomic mass is 9.99. The van der Waals surface area contributed by atoms with Crippen molar-refractivity contribution in [2.75, 3.05) is 0 Å². The van der Waals surface area contributed by atoms with Crippen LogP contribution in [-0.2, 0) is 0 Å². The average Bonchev–Trinajstić information content (AvgIpc) is 3.88. The molecule has 0 saturated heterocycles. The number of para-hydroxylation sites is 4. The van der Waals surface area contributed by atoms with Gasteiger partial charge in [-0.25, -0.2) is 15.0 Å². The van der Waals surface area contributed by atoms with E-state index in [4.69, 9.17) is 15.0 Å². The van der Waals surface area contributed by atoms with Crippen molar-refractivity contribution in [3.05, 3.63) is 224 Å². The third-order valence-corrected chi connectivity index (χ3v) is 12.0. The topological polar surface area (TPSA) is 48.5 Å². The predicted octanol–water partition coefficient (Wildman–Crippen LogP) is 14.4. The molecular weight excluding hydrogens is 755 g/mol. The first-order valence-electron chi connectivity index (χ1n) is 21.0. The highest BCUT2D eigenvalue weighted by Gasteiger charge is 2.22. The molecule has 0 bridgehead atoms. The molecule has 0 spiro atoms. The Balaban J connectivity index is 1.16. The number of fused-ring (bicyclic) bond motifs is 6. The first-order valence-corrected chi connectivity index (χ1v) is 21.0. The second-order valence-electron chi connectivity index (χ2n) is 15.6. The highest BCUT2D eigenvalue weighted by atomic mass is 15.1. The Bertz CT molecular complexity index is 3570. The second-order valence-corrected chi connectivity index (χ2v) is 15.6. The lowest BCUT2D eigenvalue weighted by Crippen LogP contribution is -2.03. The lowest BCUT2D eigenvalue weighted by molar-refractivity contribution is 1.07. The Morgan fingerprint density at radius 1 is 0.274 bits per heavy atom. The van der Waals surface area contributed by atoms with Crippen molar-refractivity contribution in [1.82, 2.24) is 24.1 Å². The third kappa shape index (κ3) is 5.90. The van der Waals surface area contributed by atoms with E-state index in [-0.39, 0.29) is 0 Å². The Morgan fingerprint density at radius 2 is 0.726 bits per heavy atom. The maximum atomic E-state index is 5.36. The second kappa shape index (κ2) is 14.7. The van der Waals surface area contributed by atoms with Crippen molar-refractivity contribution in [3.63, 3.8) is 0 Å². The van der Waals surface area contributed by atoms with Crippen molar-refractivity contribution >= 4 is 43.6 Å². The molecule has 0 amide bonds. The van der Waals surface area contributed by atoms with Crippen molar-refractivity contribution in [1.29, 1.82) is 0 Å². The van der Waals surface area contributed by atoms with E-state index in [0.717, 1.165) is 61.4 Å². The van der Waals surface area contributed by atoms with Gasteiger partial charge in [0.2, 0.25) is 0 Å². The lowest BCUT2D eigenvalue weighted by Gasteiger charge is -2.17. The normalized spacial score (nSPS) is 11.5. The number of aromatic nitrogens is 5. The van der Waals surface area contributed by atoms with Crippen LogP contribution >= 0.6 is 0 Å². The van der Waals surface area contributed by atoms with Crippen LogP contribution in [0.15, 0.2) is 224 Å². The summed E-state index contributed by atoms with van der Waals surface area (Å²) in [5.74, 6) is 1.83. The molecule has 0 aliphatic rings. The monoisotopic (exact) mass is 791 g/mol. The summed E-state index contributed by atoms with van der Waals surface area (Å²) < 4.78 is 4.86. The first kappa shape index (κ1) is 35.5. The molecule has 0 fully saturated rings. The summed E-state index contributed by atoms with van der Waals surface area (Å²) in [6.07, 6.45) is 0. The quantitative estimate of drug-likeness (QED) is 0.162. The molecule has 0 aliphatic heterocycles. The van der Waals surface area contributed by atoms with Gasteiger partial charge in [-0.3, -0.25) is 0 Å². The Labute approximate surface area is 358 Å². The van der Waals surface area contributed by atoms with Crippen LogP contribution in [0.2, 0.25) is 0 Å². The molecule has 290 valence electrons. The minimum Gasteiger partial charge on any atom is -0.307 e. The highest BCUT2D eigenvalue weighted by Crippen LogP contribution is 2.41.